The first-order valence-corrected chi connectivity index (χ1v) is 7.41. The molecule has 0 aromatic carbocycles. The van der Waals surface area contributed by atoms with Crippen LogP contribution in [0, 0.1) is 11.3 Å². The maximum absolute atomic E-state index is 11.7. The summed E-state index contributed by atoms with van der Waals surface area (Å²) in [7, 11) is 0. The van der Waals surface area contributed by atoms with Crippen LogP contribution in [-0.4, -0.2) is 24.6 Å². The van der Waals surface area contributed by atoms with E-state index < -0.39 is 0 Å². The van der Waals surface area contributed by atoms with Gasteiger partial charge in [0, 0.05) is 18.8 Å². The fourth-order valence-corrected chi connectivity index (χ4v) is 4.06. The minimum atomic E-state index is -0.201. The van der Waals surface area contributed by atoms with E-state index in [9.17, 15) is 9.59 Å². The van der Waals surface area contributed by atoms with Gasteiger partial charge in [0.25, 0.3) is 0 Å². The molecular formula is C15H24O4. The lowest BCUT2D eigenvalue weighted by molar-refractivity contribution is -0.153. The summed E-state index contributed by atoms with van der Waals surface area (Å²) < 4.78 is 10.6. The van der Waals surface area contributed by atoms with E-state index >= 15 is 0 Å². The normalized spacial score (nSPS) is 28.5. The van der Waals surface area contributed by atoms with Crippen molar-refractivity contribution in [2.75, 3.05) is 6.61 Å². The SMILES string of the molecule is CCOC(=O)CC1CCC(OC(C)=O)C12CCCC2. The zero-order valence-electron chi connectivity index (χ0n) is 11.9. The number of esters is 2. The van der Waals surface area contributed by atoms with Crippen LogP contribution in [0.3, 0.4) is 0 Å². The Bertz CT molecular complexity index is 344. The van der Waals surface area contributed by atoms with Crippen molar-refractivity contribution in [3.05, 3.63) is 0 Å². The zero-order valence-corrected chi connectivity index (χ0v) is 11.9. The van der Waals surface area contributed by atoms with Crippen LogP contribution in [-0.2, 0) is 19.1 Å². The van der Waals surface area contributed by atoms with Gasteiger partial charge < -0.3 is 9.47 Å². The molecule has 2 aliphatic rings. The molecule has 0 aromatic heterocycles. The maximum Gasteiger partial charge on any atom is 0.306 e. The second-order valence-electron chi connectivity index (χ2n) is 5.82. The van der Waals surface area contributed by atoms with Gasteiger partial charge in [0.15, 0.2) is 0 Å². The molecule has 0 bridgehead atoms. The van der Waals surface area contributed by atoms with E-state index in [2.05, 4.69) is 0 Å². The Kier molecular flexibility index (Phi) is 4.48. The molecule has 0 N–H and O–H groups in total. The Morgan fingerprint density at radius 1 is 1.21 bits per heavy atom. The molecule has 2 unspecified atom stereocenters. The first-order chi connectivity index (χ1) is 9.08. The summed E-state index contributed by atoms with van der Waals surface area (Å²) in [6.45, 7) is 3.74. The summed E-state index contributed by atoms with van der Waals surface area (Å²) in [5.74, 6) is 0.00806. The van der Waals surface area contributed by atoms with Gasteiger partial charge in [-0.3, -0.25) is 9.59 Å². The molecule has 0 aliphatic heterocycles. The highest BCUT2D eigenvalue weighted by Gasteiger charge is 2.53. The van der Waals surface area contributed by atoms with Gasteiger partial charge in [0.05, 0.1) is 6.61 Å². The van der Waals surface area contributed by atoms with E-state index in [0.29, 0.717) is 18.9 Å². The highest BCUT2D eigenvalue weighted by atomic mass is 16.5. The van der Waals surface area contributed by atoms with Crippen LogP contribution in [0.25, 0.3) is 0 Å². The molecule has 2 aliphatic carbocycles. The Morgan fingerprint density at radius 3 is 2.47 bits per heavy atom. The predicted molar refractivity (Wildman–Crippen MR) is 70.4 cm³/mol. The van der Waals surface area contributed by atoms with Crippen molar-refractivity contribution in [1.29, 1.82) is 0 Å². The molecule has 2 atom stereocenters. The van der Waals surface area contributed by atoms with Crippen LogP contribution >= 0.6 is 0 Å². The second-order valence-corrected chi connectivity index (χ2v) is 5.82. The van der Waals surface area contributed by atoms with Gasteiger partial charge in [-0.1, -0.05) is 12.8 Å². The van der Waals surface area contributed by atoms with Crippen molar-refractivity contribution in [2.24, 2.45) is 11.3 Å². The number of carbonyl (C=O) groups excluding carboxylic acids is 2. The Hall–Kier alpha value is -1.06. The fourth-order valence-electron chi connectivity index (χ4n) is 4.06. The maximum atomic E-state index is 11.7. The van der Waals surface area contributed by atoms with Gasteiger partial charge in [0.1, 0.15) is 6.10 Å². The average molecular weight is 268 g/mol. The highest BCUT2D eigenvalue weighted by Crippen LogP contribution is 2.56. The average Bonchev–Trinajstić information content (AvgIpc) is 2.93. The van der Waals surface area contributed by atoms with Crippen molar-refractivity contribution >= 4 is 11.9 Å². The fraction of sp³-hybridized carbons (Fsp3) is 0.867. The predicted octanol–water partition coefficient (Wildman–Crippen LogP) is 2.84. The molecule has 108 valence electrons. The van der Waals surface area contributed by atoms with Crippen molar-refractivity contribution in [1.82, 2.24) is 0 Å². The Morgan fingerprint density at radius 2 is 1.89 bits per heavy atom. The molecule has 1 spiro atoms. The van der Waals surface area contributed by atoms with Crippen molar-refractivity contribution in [2.45, 2.75) is 64.9 Å². The van der Waals surface area contributed by atoms with Crippen LogP contribution in [0.1, 0.15) is 58.8 Å². The summed E-state index contributed by atoms with van der Waals surface area (Å²) in [6.07, 6.45) is 6.86. The molecule has 0 amide bonds. The molecule has 0 aromatic rings. The molecule has 2 rings (SSSR count). The molecule has 0 saturated heterocycles. The summed E-state index contributed by atoms with van der Waals surface area (Å²) in [5.41, 5.74) is 0.0401. The smallest absolute Gasteiger partial charge is 0.306 e. The number of rotatable bonds is 4. The van der Waals surface area contributed by atoms with Gasteiger partial charge in [-0.2, -0.15) is 0 Å². The van der Waals surface area contributed by atoms with Crippen LogP contribution in [0.4, 0.5) is 0 Å². The minimum Gasteiger partial charge on any atom is -0.466 e. The molecule has 4 heteroatoms. The van der Waals surface area contributed by atoms with E-state index in [1.54, 1.807) is 0 Å². The molecule has 19 heavy (non-hydrogen) atoms. The van der Waals surface area contributed by atoms with E-state index in [1.807, 2.05) is 6.92 Å². The molecule has 2 saturated carbocycles. The summed E-state index contributed by atoms with van der Waals surface area (Å²) >= 11 is 0. The lowest BCUT2D eigenvalue weighted by Gasteiger charge is -2.35. The molecule has 0 radical (unpaired) electrons. The number of hydrogen-bond acceptors (Lipinski definition) is 4. The van der Waals surface area contributed by atoms with E-state index in [4.69, 9.17) is 9.47 Å². The molecule has 0 heterocycles. The van der Waals surface area contributed by atoms with Crippen molar-refractivity contribution < 1.29 is 19.1 Å². The molecular weight excluding hydrogens is 244 g/mol. The Balaban J connectivity index is 2.07. The van der Waals surface area contributed by atoms with E-state index in [1.165, 1.54) is 19.8 Å². The molecule has 2 fully saturated rings. The summed E-state index contributed by atoms with van der Waals surface area (Å²) in [5, 5.41) is 0. The highest BCUT2D eigenvalue weighted by molar-refractivity contribution is 5.70. The van der Waals surface area contributed by atoms with Gasteiger partial charge in [-0.15, -0.1) is 0 Å². The van der Waals surface area contributed by atoms with Crippen LogP contribution in [0.15, 0.2) is 0 Å². The van der Waals surface area contributed by atoms with Crippen LogP contribution in [0.2, 0.25) is 0 Å². The first kappa shape index (κ1) is 14.4. The number of hydrogen-bond donors (Lipinski definition) is 0. The quantitative estimate of drug-likeness (QED) is 0.736. The third kappa shape index (κ3) is 2.93. The topological polar surface area (TPSA) is 52.6 Å². The summed E-state index contributed by atoms with van der Waals surface area (Å²) in [4.78, 5) is 23.0. The van der Waals surface area contributed by atoms with Gasteiger partial charge in [-0.25, -0.2) is 0 Å². The van der Waals surface area contributed by atoms with E-state index in [0.717, 1.165) is 25.7 Å². The van der Waals surface area contributed by atoms with Crippen LogP contribution in [0.5, 0.6) is 0 Å². The van der Waals surface area contributed by atoms with Crippen molar-refractivity contribution in [3.8, 4) is 0 Å². The first-order valence-electron chi connectivity index (χ1n) is 7.41. The number of ether oxygens (including phenoxy) is 2. The zero-order chi connectivity index (χ0) is 13.9. The minimum absolute atomic E-state index is 0.00641. The monoisotopic (exact) mass is 268 g/mol. The van der Waals surface area contributed by atoms with Crippen molar-refractivity contribution in [3.63, 3.8) is 0 Å². The third-order valence-corrected chi connectivity index (χ3v) is 4.79. The van der Waals surface area contributed by atoms with E-state index in [-0.39, 0.29) is 23.5 Å². The Labute approximate surface area is 114 Å². The van der Waals surface area contributed by atoms with Gasteiger partial charge in [0.2, 0.25) is 0 Å². The van der Waals surface area contributed by atoms with Gasteiger partial charge in [-0.05, 0) is 38.5 Å². The lowest BCUT2D eigenvalue weighted by atomic mass is 9.73. The van der Waals surface area contributed by atoms with Crippen LogP contribution < -0.4 is 0 Å². The summed E-state index contributed by atoms with van der Waals surface area (Å²) in [6, 6.07) is 0. The third-order valence-electron chi connectivity index (χ3n) is 4.79. The standard InChI is InChI=1S/C15H24O4/c1-3-18-14(17)10-12-6-7-13(19-11(2)16)15(12)8-4-5-9-15/h12-13H,3-10H2,1-2H3. The molecule has 4 nitrogen and oxygen atoms in total. The lowest BCUT2D eigenvalue weighted by Crippen LogP contribution is -2.36. The van der Waals surface area contributed by atoms with Gasteiger partial charge >= 0.3 is 11.9 Å². The largest absolute Gasteiger partial charge is 0.466 e. The number of carbonyl (C=O) groups is 2. The second kappa shape index (κ2) is 5.93.